The van der Waals surface area contributed by atoms with Gasteiger partial charge in [0.1, 0.15) is 17.4 Å². The van der Waals surface area contributed by atoms with Crippen LogP contribution in [0.2, 0.25) is 0 Å². The van der Waals surface area contributed by atoms with Gasteiger partial charge in [-0.15, -0.1) is 0 Å². The Kier molecular flexibility index (Phi) is 5.70. The van der Waals surface area contributed by atoms with Crippen LogP contribution in [-0.2, 0) is 9.53 Å². The minimum atomic E-state index is -0.570. The van der Waals surface area contributed by atoms with E-state index in [1.54, 1.807) is 24.1 Å². The van der Waals surface area contributed by atoms with Crippen molar-refractivity contribution in [1.29, 1.82) is 0 Å². The molecule has 1 fully saturated rings. The van der Waals surface area contributed by atoms with E-state index in [1.807, 2.05) is 32.9 Å². The largest absolute Gasteiger partial charge is 0.495 e. The van der Waals surface area contributed by atoms with E-state index in [2.05, 4.69) is 5.32 Å². The van der Waals surface area contributed by atoms with Crippen molar-refractivity contribution >= 4 is 17.7 Å². The summed E-state index contributed by atoms with van der Waals surface area (Å²) in [5.74, 6) is 0.231. The number of urea groups is 1. The molecule has 6 heteroatoms. The molecule has 24 heavy (non-hydrogen) atoms. The molecule has 0 radical (unpaired) electrons. The molecule has 0 aromatic heterocycles. The monoisotopic (exact) mass is 334 g/mol. The zero-order valence-corrected chi connectivity index (χ0v) is 14.8. The smallest absolute Gasteiger partial charge is 0.329 e. The number of likely N-dealkylation sites (tertiary alicyclic amines) is 1. The quantitative estimate of drug-likeness (QED) is 0.860. The lowest BCUT2D eigenvalue weighted by Gasteiger charge is -2.35. The van der Waals surface area contributed by atoms with Crippen LogP contribution < -0.4 is 10.1 Å². The summed E-state index contributed by atoms with van der Waals surface area (Å²) in [5.41, 5.74) is 0.0118. The summed E-state index contributed by atoms with van der Waals surface area (Å²) in [5, 5.41) is 2.83. The lowest BCUT2D eigenvalue weighted by Crippen LogP contribution is -2.51. The van der Waals surface area contributed by atoms with Gasteiger partial charge in [0.05, 0.1) is 12.8 Å². The summed E-state index contributed by atoms with van der Waals surface area (Å²) < 4.78 is 10.7. The van der Waals surface area contributed by atoms with Crippen LogP contribution in [0.5, 0.6) is 5.75 Å². The molecule has 1 aliphatic rings. The number of nitrogens with zero attached hydrogens (tertiary/aromatic N) is 1. The summed E-state index contributed by atoms with van der Waals surface area (Å²) in [4.78, 5) is 26.7. The lowest BCUT2D eigenvalue weighted by atomic mass is 10.0. The van der Waals surface area contributed by atoms with Crippen LogP contribution in [0.25, 0.3) is 0 Å². The summed E-state index contributed by atoms with van der Waals surface area (Å²) in [6.07, 6.45) is 2.40. The average Bonchev–Trinajstić information content (AvgIpc) is 2.53. The minimum absolute atomic E-state index is 0.310. The third-order valence-electron chi connectivity index (χ3n) is 3.79. The van der Waals surface area contributed by atoms with Gasteiger partial charge in [0.15, 0.2) is 0 Å². The van der Waals surface area contributed by atoms with Crippen LogP contribution in [0.3, 0.4) is 0 Å². The number of hydrogen-bond acceptors (Lipinski definition) is 4. The van der Waals surface area contributed by atoms with E-state index in [0.29, 0.717) is 24.4 Å². The van der Waals surface area contributed by atoms with Crippen LogP contribution in [0, 0.1) is 0 Å². The van der Waals surface area contributed by atoms with Gasteiger partial charge in [-0.3, -0.25) is 0 Å². The third-order valence-corrected chi connectivity index (χ3v) is 3.79. The van der Waals surface area contributed by atoms with Gasteiger partial charge in [-0.1, -0.05) is 12.1 Å². The molecule has 2 rings (SSSR count). The fourth-order valence-electron chi connectivity index (χ4n) is 2.72. The predicted molar refractivity (Wildman–Crippen MR) is 92.2 cm³/mol. The van der Waals surface area contributed by atoms with Gasteiger partial charge in [0.2, 0.25) is 0 Å². The van der Waals surface area contributed by atoms with Crippen LogP contribution in [-0.4, -0.2) is 42.2 Å². The van der Waals surface area contributed by atoms with Gasteiger partial charge in [-0.25, -0.2) is 9.59 Å². The zero-order chi connectivity index (χ0) is 17.7. The molecule has 0 aliphatic carbocycles. The molecule has 1 atom stereocenters. The number of carbonyl (C=O) groups is 2. The van der Waals surface area contributed by atoms with E-state index < -0.39 is 11.6 Å². The highest BCUT2D eigenvalue weighted by molar-refractivity contribution is 5.94. The molecule has 1 N–H and O–H groups in total. The number of nitrogens with one attached hydrogen (secondary N) is 1. The van der Waals surface area contributed by atoms with Crippen molar-refractivity contribution < 1.29 is 19.1 Å². The van der Waals surface area contributed by atoms with Crippen molar-refractivity contribution in [2.24, 2.45) is 0 Å². The Bertz CT molecular complexity index is 595. The first-order chi connectivity index (χ1) is 11.3. The predicted octanol–water partition coefficient (Wildman–Crippen LogP) is 3.42. The Hall–Kier alpha value is -2.24. The molecule has 1 heterocycles. The molecular weight excluding hydrogens is 308 g/mol. The maximum atomic E-state index is 12.7. The summed E-state index contributed by atoms with van der Waals surface area (Å²) in [6.45, 7) is 6.01. The van der Waals surface area contributed by atoms with Crippen LogP contribution in [0.4, 0.5) is 10.5 Å². The number of amides is 2. The van der Waals surface area contributed by atoms with Crippen LogP contribution >= 0.6 is 0 Å². The highest BCUT2D eigenvalue weighted by atomic mass is 16.6. The number of ether oxygens (including phenoxy) is 2. The second-order valence-corrected chi connectivity index (χ2v) is 6.87. The van der Waals surface area contributed by atoms with Crippen molar-refractivity contribution in [3.05, 3.63) is 24.3 Å². The van der Waals surface area contributed by atoms with Crippen molar-refractivity contribution in [3.8, 4) is 5.75 Å². The SMILES string of the molecule is COc1ccccc1NC(=O)N1CCCCC1C(=O)OC(C)(C)C. The van der Waals surface area contributed by atoms with Crippen molar-refractivity contribution in [3.63, 3.8) is 0 Å². The van der Waals surface area contributed by atoms with Gasteiger partial charge < -0.3 is 19.7 Å². The number of methoxy groups -OCH3 is 1. The molecule has 1 aromatic carbocycles. The number of hydrogen-bond donors (Lipinski definition) is 1. The topological polar surface area (TPSA) is 67.9 Å². The Morgan fingerprint density at radius 1 is 1.21 bits per heavy atom. The first-order valence-corrected chi connectivity index (χ1v) is 8.25. The maximum absolute atomic E-state index is 12.7. The van der Waals surface area contributed by atoms with E-state index in [4.69, 9.17) is 9.47 Å². The highest BCUT2D eigenvalue weighted by Gasteiger charge is 2.35. The van der Waals surface area contributed by atoms with Gasteiger partial charge in [-0.2, -0.15) is 0 Å². The van der Waals surface area contributed by atoms with Gasteiger partial charge >= 0.3 is 12.0 Å². The molecule has 0 bridgehead atoms. The van der Waals surface area contributed by atoms with E-state index in [-0.39, 0.29) is 12.0 Å². The molecule has 0 saturated carbocycles. The third kappa shape index (κ3) is 4.63. The van der Waals surface area contributed by atoms with Gasteiger partial charge in [-0.05, 0) is 52.2 Å². The molecule has 0 spiro atoms. The summed E-state index contributed by atoms with van der Waals surface area (Å²) >= 11 is 0. The molecular formula is C18H26N2O4. The number of piperidine rings is 1. The number of carbonyl (C=O) groups excluding carboxylic acids is 2. The summed E-state index contributed by atoms with van der Waals surface area (Å²) in [6, 6.07) is 6.33. The molecule has 1 unspecified atom stereocenters. The second kappa shape index (κ2) is 7.55. The maximum Gasteiger partial charge on any atom is 0.329 e. The van der Waals surface area contributed by atoms with Crippen LogP contribution in [0.1, 0.15) is 40.0 Å². The second-order valence-electron chi connectivity index (χ2n) is 6.87. The van der Waals surface area contributed by atoms with Crippen LogP contribution in [0.15, 0.2) is 24.3 Å². The van der Waals surface area contributed by atoms with Crippen molar-refractivity contribution in [2.45, 2.75) is 51.7 Å². The highest BCUT2D eigenvalue weighted by Crippen LogP contribution is 2.26. The van der Waals surface area contributed by atoms with E-state index >= 15 is 0 Å². The Balaban J connectivity index is 2.11. The number of anilines is 1. The number of para-hydroxylation sites is 2. The minimum Gasteiger partial charge on any atom is -0.495 e. The van der Waals surface area contributed by atoms with Crippen molar-refractivity contribution in [1.82, 2.24) is 4.90 Å². The molecule has 1 aromatic rings. The van der Waals surface area contributed by atoms with Crippen molar-refractivity contribution in [2.75, 3.05) is 19.0 Å². The van der Waals surface area contributed by atoms with Gasteiger partial charge in [0, 0.05) is 6.54 Å². The first kappa shape index (κ1) is 18.1. The zero-order valence-electron chi connectivity index (χ0n) is 14.8. The molecule has 2 amide bonds. The Labute approximate surface area is 143 Å². The van der Waals surface area contributed by atoms with Gasteiger partial charge in [0.25, 0.3) is 0 Å². The fourth-order valence-corrected chi connectivity index (χ4v) is 2.72. The number of rotatable bonds is 3. The Morgan fingerprint density at radius 3 is 2.58 bits per heavy atom. The summed E-state index contributed by atoms with van der Waals surface area (Å²) in [7, 11) is 1.55. The Morgan fingerprint density at radius 2 is 1.92 bits per heavy atom. The standard InChI is InChI=1S/C18H26N2O4/c1-18(2,3)24-16(21)14-10-7-8-12-20(14)17(22)19-13-9-5-6-11-15(13)23-4/h5-6,9,11,14H,7-8,10,12H2,1-4H3,(H,19,22). The fraction of sp³-hybridized carbons (Fsp3) is 0.556. The molecule has 1 aliphatic heterocycles. The van der Waals surface area contributed by atoms with E-state index in [0.717, 1.165) is 12.8 Å². The molecule has 6 nitrogen and oxygen atoms in total. The molecule has 1 saturated heterocycles. The molecule has 132 valence electrons. The average molecular weight is 334 g/mol. The number of esters is 1. The normalized spacial score (nSPS) is 18.0. The first-order valence-electron chi connectivity index (χ1n) is 8.25. The van der Waals surface area contributed by atoms with E-state index in [1.165, 1.54) is 0 Å². The van der Waals surface area contributed by atoms with E-state index in [9.17, 15) is 9.59 Å². The lowest BCUT2D eigenvalue weighted by molar-refractivity contribution is -0.161. The number of benzene rings is 1.